The SMILES string of the molecule is CC(C)C[C@H]1[C@@H]2N(Cc3ccc(N(C)C)cc3)C[C@@H]3C[C@H]1C(=O)N[C@@]32C(=O)NCc1cccc(O)c1. The summed E-state index contributed by atoms with van der Waals surface area (Å²) < 4.78 is 0. The van der Waals surface area contributed by atoms with E-state index >= 15 is 0 Å². The Bertz CT molecular complexity index is 1130. The molecule has 4 fully saturated rings. The molecule has 1 saturated carbocycles. The van der Waals surface area contributed by atoms with Crippen molar-refractivity contribution in [3.05, 3.63) is 59.7 Å². The van der Waals surface area contributed by atoms with Crippen molar-refractivity contribution < 1.29 is 14.7 Å². The minimum atomic E-state index is -0.925. The van der Waals surface area contributed by atoms with Crippen molar-refractivity contribution in [1.82, 2.24) is 15.5 Å². The predicted octanol–water partition coefficient (Wildman–Crippen LogP) is 3.13. The number of piperidine rings is 2. The summed E-state index contributed by atoms with van der Waals surface area (Å²) in [5.41, 5.74) is 2.28. The van der Waals surface area contributed by atoms with Gasteiger partial charge in [0.15, 0.2) is 0 Å². The molecule has 0 radical (unpaired) electrons. The first-order valence-corrected chi connectivity index (χ1v) is 13.1. The monoisotopic (exact) mass is 490 g/mol. The van der Waals surface area contributed by atoms with Crippen LogP contribution in [0.15, 0.2) is 48.5 Å². The number of carbonyl (C=O) groups is 2. The van der Waals surface area contributed by atoms with Crippen LogP contribution in [0.1, 0.15) is 37.8 Å². The van der Waals surface area contributed by atoms with Crippen LogP contribution in [0.2, 0.25) is 0 Å². The molecule has 192 valence electrons. The zero-order valence-corrected chi connectivity index (χ0v) is 21.7. The van der Waals surface area contributed by atoms with Crippen molar-refractivity contribution in [1.29, 1.82) is 0 Å². The van der Waals surface area contributed by atoms with E-state index in [1.165, 1.54) is 5.56 Å². The number of hydrogen-bond acceptors (Lipinski definition) is 5. The maximum atomic E-state index is 14.0. The Hall–Kier alpha value is -3.06. The van der Waals surface area contributed by atoms with E-state index in [-0.39, 0.29) is 41.4 Å². The van der Waals surface area contributed by atoms with E-state index in [4.69, 9.17) is 0 Å². The van der Waals surface area contributed by atoms with Crippen LogP contribution in [0.25, 0.3) is 0 Å². The summed E-state index contributed by atoms with van der Waals surface area (Å²) in [6.45, 7) is 6.27. The van der Waals surface area contributed by atoms with Gasteiger partial charge < -0.3 is 20.6 Å². The number of nitrogens with zero attached hydrogens (tertiary/aromatic N) is 2. The number of nitrogens with one attached hydrogen (secondary N) is 2. The standard InChI is InChI=1S/C29H38N4O3/c1-18(2)12-24-25-14-21-17-33(16-19-8-10-22(11-9-19)32(3)4)26(24)29(21,31-27(25)35)28(36)30-15-20-6-5-7-23(34)13-20/h5-11,13,18,21,24-26,34H,12,14-17H2,1-4H3,(H,30,36)(H,31,35)/t21-,24+,25+,26-,29-/m0/s1. The molecule has 36 heavy (non-hydrogen) atoms. The smallest absolute Gasteiger partial charge is 0.248 e. The Morgan fingerprint density at radius 3 is 2.61 bits per heavy atom. The third-order valence-corrected chi connectivity index (χ3v) is 8.41. The number of hydrogen-bond donors (Lipinski definition) is 3. The quantitative estimate of drug-likeness (QED) is 0.530. The molecular weight excluding hydrogens is 452 g/mol. The molecule has 4 bridgehead atoms. The van der Waals surface area contributed by atoms with Crippen molar-refractivity contribution in [3.63, 3.8) is 0 Å². The zero-order valence-electron chi connectivity index (χ0n) is 21.7. The largest absolute Gasteiger partial charge is 0.508 e. The number of likely N-dealkylation sites (tertiary alicyclic amines) is 1. The summed E-state index contributed by atoms with van der Waals surface area (Å²) in [4.78, 5) is 31.7. The fourth-order valence-electron chi connectivity index (χ4n) is 6.92. The van der Waals surface area contributed by atoms with Gasteiger partial charge in [-0.1, -0.05) is 38.1 Å². The summed E-state index contributed by atoms with van der Waals surface area (Å²) in [5.74, 6) is 0.724. The number of rotatable bonds is 8. The first-order chi connectivity index (χ1) is 17.2. The molecule has 6 rings (SSSR count). The predicted molar refractivity (Wildman–Crippen MR) is 140 cm³/mol. The highest BCUT2D eigenvalue weighted by Crippen LogP contribution is 2.54. The third kappa shape index (κ3) is 4.23. The molecule has 3 aliphatic heterocycles. The lowest BCUT2D eigenvalue weighted by Crippen LogP contribution is -2.77. The molecule has 3 heterocycles. The Labute approximate surface area is 213 Å². The average Bonchev–Trinajstić information content (AvgIpc) is 3.05. The van der Waals surface area contributed by atoms with Crippen LogP contribution in [0.3, 0.4) is 0 Å². The summed E-state index contributed by atoms with van der Waals surface area (Å²) in [6, 6.07) is 15.5. The lowest BCUT2D eigenvalue weighted by molar-refractivity contribution is -0.155. The van der Waals surface area contributed by atoms with Crippen LogP contribution >= 0.6 is 0 Å². The van der Waals surface area contributed by atoms with Crippen molar-refractivity contribution >= 4 is 17.5 Å². The third-order valence-electron chi connectivity index (χ3n) is 8.41. The summed E-state index contributed by atoms with van der Waals surface area (Å²) in [6.07, 6.45) is 1.68. The van der Waals surface area contributed by atoms with Gasteiger partial charge in [0.2, 0.25) is 11.8 Å². The van der Waals surface area contributed by atoms with Gasteiger partial charge in [-0.3, -0.25) is 14.5 Å². The normalized spacial score (nSPS) is 28.9. The maximum Gasteiger partial charge on any atom is 0.248 e. The number of benzene rings is 2. The van der Waals surface area contributed by atoms with Crippen LogP contribution in [-0.2, 0) is 22.7 Å². The number of amides is 2. The van der Waals surface area contributed by atoms with Gasteiger partial charge >= 0.3 is 0 Å². The number of phenols is 1. The Morgan fingerprint density at radius 1 is 1.19 bits per heavy atom. The first-order valence-electron chi connectivity index (χ1n) is 13.1. The minimum Gasteiger partial charge on any atom is -0.508 e. The van der Waals surface area contributed by atoms with Gasteiger partial charge in [0, 0.05) is 57.3 Å². The summed E-state index contributed by atoms with van der Waals surface area (Å²) in [7, 11) is 4.07. The zero-order chi connectivity index (χ0) is 25.6. The molecule has 1 aliphatic carbocycles. The molecule has 0 unspecified atom stereocenters. The number of aromatic hydroxyl groups is 1. The van der Waals surface area contributed by atoms with E-state index in [0.29, 0.717) is 12.5 Å². The Morgan fingerprint density at radius 2 is 1.94 bits per heavy atom. The molecule has 5 atom stereocenters. The molecule has 3 saturated heterocycles. The molecule has 0 spiro atoms. The molecule has 2 amide bonds. The molecule has 3 N–H and O–H groups in total. The highest BCUT2D eigenvalue weighted by molar-refractivity contribution is 5.97. The molecule has 7 nitrogen and oxygen atoms in total. The van der Waals surface area contributed by atoms with Gasteiger partial charge in [0.05, 0.1) is 0 Å². The van der Waals surface area contributed by atoms with E-state index in [1.807, 2.05) is 20.2 Å². The molecule has 2 aromatic carbocycles. The van der Waals surface area contributed by atoms with Crippen molar-refractivity contribution in [2.45, 2.75) is 51.4 Å². The lowest BCUT2D eigenvalue weighted by atomic mass is 9.57. The van der Waals surface area contributed by atoms with Crippen molar-refractivity contribution in [3.8, 4) is 5.75 Å². The number of phenolic OH excluding ortho intramolecular Hbond substituents is 1. The molecule has 4 aliphatic rings. The van der Waals surface area contributed by atoms with Gasteiger partial charge in [-0.25, -0.2) is 0 Å². The Kier molecular flexibility index (Phi) is 6.45. The fraction of sp³-hybridized carbons (Fsp3) is 0.517. The summed E-state index contributed by atoms with van der Waals surface area (Å²) in [5, 5.41) is 16.2. The van der Waals surface area contributed by atoms with E-state index < -0.39 is 5.54 Å². The van der Waals surface area contributed by atoms with Crippen LogP contribution in [0.4, 0.5) is 5.69 Å². The highest BCUT2D eigenvalue weighted by atomic mass is 16.3. The molecular formula is C29H38N4O3. The maximum absolute atomic E-state index is 14.0. The van der Waals surface area contributed by atoms with Crippen LogP contribution < -0.4 is 15.5 Å². The van der Waals surface area contributed by atoms with E-state index in [2.05, 4.69) is 58.5 Å². The van der Waals surface area contributed by atoms with E-state index in [0.717, 1.165) is 37.2 Å². The second-order valence-electron chi connectivity index (χ2n) is 11.5. The average molecular weight is 491 g/mol. The van der Waals surface area contributed by atoms with Crippen LogP contribution in [0, 0.1) is 23.7 Å². The van der Waals surface area contributed by atoms with Gasteiger partial charge in [-0.05, 0) is 60.1 Å². The van der Waals surface area contributed by atoms with Gasteiger partial charge in [0.1, 0.15) is 11.3 Å². The number of fused-ring (bicyclic) bond motifs is 1. The Balaban J connectivity index is 1.44. The van der Waals surface area contributed by atoms with E-state index in [9.17, 15) is 14.7 Å². The topological polar surface area (TPSA) is 84.9 Å². The van der Waals surface area contributed by atoms with Gasteiger partial charge in [-0.15, -0.1) is 0 Å². The molecule has 0 aromatic heterocycles. The first kappa shape index (κ1) is 24.6. The number of anilines is 1. The fourth-order valence-corrected chi connectivity index (χ4v) is 6.92. The second kappa shape index (κ2) is 9.43. The van der Waals surface area contributed by atoms with Gasteiger partial charge in [-0.2, -0.15) is 0 Å². The van der Waals surface area contributed by atoms with E-state index in [1.54, 1.807) is 18.2 Å². The van der Waals surface area contributed by atoms with Crippen LogP contribution in [0.5, 0.6) is 5.75 Å². The summed E-state index contributed by atoms with van der Waals surface area (Å²) >= 11 is 0. The number of carbonyl (C=O) groups excluding carboxylic acids is 2. The lowest BCUT2D eigenvalue weighted by Gasteiger charge is -2.55. The molecule has 2 aromatic rings. The van der Waals surface area contributed by atoms with Crippen molar-refractivity contribution in [2.24, 2.45) is 23.7 Å². The molecule has 7 heteroatoms. The van der Waals surface area contributed by atoms with Gasteiger partial charge in [0.25, 0.3) is 0 Å². The van der Waals surface area contributed by atoms with Crippen LogP contribution in [-0.4, -0.2) is 54.0 Å². The second-order valence-corrected chi connectivity index (χ2v) is 11.5. The highest BCUT2D eigenvalue weighted by Gasteiger charge is 2.70. The minimum absolute atomic E-state index is 0.0258. The van der Waals surface area contributed by atoms with Crippen molar-refractivity contribution in [2.75, 3.05) is 25.5 Å².